The maximum Gasteiger partial charge on any atom is 0.387 e. The summed E-state index contributed by atoms with van der Waals surface area (Å²) < 4.78 is 39.4. The number of methoxy groups -OCH3 is 1. The number of para-hydroxylation sites is 2. The summed E-state index contributed by atoms with van der Waals surface area (Å²) in [6.07, 6.45) is -1.15. The number of esters is 1. The van der Waals surface area contributed by atoms with Crippen LogP contribution in [0.15, 0.2) is 48.5 Å². The van der Waals surface area contributed by atoms with Crippen molar-refractivity contribution >= 4 is 17.6 Å². The van der Waals surface area contributed by atoms with Crippen LogP contribution in [0.4, 0.5) is 14.5 Å². The van der Waals surface area contributed by atoms with Crippen molar-refractivity contribution < 1.29 is 32.6 Å². The summed E-state index contributed by atoms with van der Waals surface area (Å²) in [5.41, 5.74) is 1.10. The summed E-state index contributed by atoms with van der Waals surface area (Å²) >= 11 is 0. The molecule has 0 saturated carbocycles. The molecular weight excluding hydrogens is 360 g/mol. The van der Waals surface area contributed by atoms with E-state index in [9.17, 15) is 18.4 Å². The Morgan fingerprint density at radius 3 is 2.56 bits per heavy atom. The second-order valence-electron chi connectivity index (χ2n) is 5.54. The van der Waals surface area contributed by atoms with Crippen LogP contribution in [0.25, 0.3) is 0 Å². The third-order valence-electron chi connectivity index (χ3n) is 3.49. The summed E-state index contributed by atoms with van der Waals surface area (Å²) in [5, 5.41) is 2.41. The first-order valence-corrected chi connectivity index (χ1v) is 8.04. The molecule has 6 nitrogen and oxygen atoms in total. The summed E-state index contributed by atoms with van der Waals surface area (Å²) in [5.74, 6) is -1.55. The van der Waals surface area contributed by atoms with E-state index in [1.807, 2.05) is 0 Å². The molecule has 0 fully saturated rings. The van der Waals surface area contributed by atoms with Gasteiger partial charge >= 0.3 is 12.6 Å². The highest BCUT2D eigenvalue weighted by Gasteiger charge is 2.21. The molecule has 0 unspecified atom stereocenters. The van der Waals surface area contributed by atoms with Crippen molar-refractivity contribution in [3.63, 3.8) is 0 Å². The van der Waals surface area contributed by atoms with Crippen LogP contribution in [0.3, 0.4) is 0 Å². The normalized spacial score (nSPS) is 11.7. The van der Waals surface area contributed by atoms with E-state index in [-0.39, 0.29) is 17.0 Å². The molecule has 2 aromatic carbocycles. The minimum atomic E-state index is -3.03. The van der Waals surface area contributed by atoms with Crippen molar-refractivity contribution in [1.82, 2.24) is 0 Å². The molecule has 2 rings (SSSR count). The number of halogens is 2. The number of hydrogen-bond acceptors (Lipinski definition) is 5. The van der Waals surface area contributed by atoms with Gasteiger partial charge in [0.1, 0.15) is 5.75 Å². The largest absolute Gasteiger partial charge is 0.449 e. The molecule has 0 spiro atoms. The molecular formula is C19H19F2NO5. The molecule has 144 valence electrons. The highest BCUT2D eigenvalue weighted by Crippen LogP contribution is 2.25. The summed E-state index contributed by atoms with van der Waals surface area (Å²) in [4.78, 5) is 24.4. The average Bonchev–Trinajstić information content (AvgIpc) is 2.63. The number of amides is 1. The van der Waals surface area contributed by atoms with E-state index in [0.29, 0.717) is 6.61 Å². The van der Waals surface area contributed by atoms with Crippen LogP contribution in [0.1, 0.15) is 22.8 Å². The van der Waals surface area contributed by atoms with E-state index < -0.39 is 24.6 Å². The average molecular weight is 379 g/mol. The number of ether oxygens (including phenoxy) is 3. The lowest BCUT2D eigenvalue weighted by Crippen LogP contribution is -2.30. The zero-order valence-corrected chi connectivity index (χ0v) is 14.8. The standard InChI is InChI=1S/C19H19F2NO5/c1-12(26-18(24)14-7-5-6-13(10-14)11-25-2)17(23)22-15-8-3-4-9-16(15)27-19(20)21/h3-10,12,19H,11H2,1-2H3,(H,22,23)/t12-/m0/s1. The Bertz CT molecular complexity index is 797. The Kier molecular flexibility index (Phi) is 7.25. The molecule has 0 aliphatic carbocycles. The number of anilines is 1. The summed E-state index contributed by atoms with van der Waals surface area (Å²) in [6.45, 7) is -1.32. The molecule has 0 radical (unpaired) electrons. The molecule has 0 aromatic heterocycles. The number of carbonyl (C=O) groups is 2. The van der Waals surface area contributed by atoms with E-state index in [0.717, 1.165) is 5.56 Å². The van der Waals surface area contributed by atoms with Gasteiger partial charge in [0, 0.05) is 7.11 Å². The molecule has 1 amide bonds. The van der Waals surface area contributed by atoms with Gasteiger partial charge < -0.3 is 19.5 Å². The molecule has 0 aliphatic heterocycles. The lowest BCUT2D eigenvalue weighted by molar-refractivity contribution is -0.123. The maximum absolute atomic E-state index is 12.4. The van der Waals surface area contributed by atoms with Crippen LogP contribution in [-0.4, -0.2) is 31.7 Å². The molecule has 0 bridgehead atoms. The first-order valence-electron chi connectivity index (χ1n) is 8.04. The SMILES string of the molecule is COCc1cccc(C(=O)O[C@@H](C)C(=O)Nc2ccccc2OC(F)F)c1. The molecule has 8 heteroatoms. The number of carbonyl (C=O) groups excluding carboxylic acids is 2. The number of nitrogens with one attached hydrogen (secondary N) is 1. The molecule has 1 N–H and O–H groups in total. The first kappa shape index (κ1) is 20.3. The highest BCUT2D eigenvalue weighted by atomic mass is 19.3. The van der Waals surface area contributed by atoms with Crippen LogP contribution in [0.2, 0.25) is 0 Å². The van der Waals surface area contributed by atoms with Crippen LogP contribution in [-0.2, 0) is 20.9 Å². The van der Waals surface area contributed by atoms with Crippen LogP contribution >= 0.6 is 0 Å². The molecule has 0 heterocycles. The third-order valence-corrected chi connectivity index (χ3v) is 3.49. The number of rotatable bonds is 8. The second kappa shape index (κ2) is 9.63. The van der Waals surface area contributed by atoms with Gasteiger partial charge in [0.2, 0.25) is 0 Å². The number of benzene rings is 2. The lowest BCUT2D eigenvalue weighted by Gasteiger charge is -2.16. The van der Waals surface area contributed by atoms with E-state index >= 15 is 0 Å². The van der Waals surface area contributed by atoms with E-state index in [1.54, 1.807) is 30.3 Å². The van der Waals surface area contributed by atoms with Gasteiger partial charge in [-0.05, 0) is 36.8 Å². The van der Waals surface area contributed by atoms with Gasteiger partial charge in [0.15, 0.2) is 6.10 Å². The maximum atomic E-state index is 12.4. The van der Waals surface area contributed by atoms with Gasteiger partial charge in [0.25, 0.3) is 5.91 Å². The topological polar surface area (TPSA) is 73.9 Å². The Morgan fingerprint density at radius 1 is 1.11 bits per heavy atom. The minimum Gasteiger partial charge on any atom is -0.449 e. The second-order valence-corrected chi connectivity index (χ2v) is 5.54. The molecule has 0 saturated heterocycles. The zero-order valence-electron chi connectivity index (χ0n) is 14.8. The van der Waals surface area contributed by atoms with E-state index in [4.69, 9.17) is 9.47 Å². The molecule has 2 aromatic rings. The predicted molar refractivity (Wildman–Crippen MR) is 93.7 cm³/mol. The number of hydrogen-bond donors (Lipinski definition) is 1. The Hall–Kier alpha value is -3.00. The Balaban J connectivity index is 2.01. The fourth-order valence-electron chi connectivity index (χ4n) is 2.24. The van der Waals surface area contributed by atoms with Gasteiger partial charge in [-0.25, -0.2) is 4.79 Å². The van der Waals surface area contributed by atoms with Crippen molar-refractivity contribution in [2.75, 3.05) is 12.4 Å². The lowest BCUT2D eigenvalue weighted by atomic mass is 10.1. The van der Waals surface area contributed by atoms with Crippen molar-refractivity contribution in [2.24, 2.45) is 0 Å². The summed E-state index contributed by atoms with van der Waals surface area (Å²) in [6, 6.07) is 12.3. The van der Waals surface area contributed by atoms with Crippen LogP contribution in [0, 0.1) is 0 Å². The van der Waals surface area contributed by atoms with E-state index in [2.05, 4.69) is 10.1 Å². The fourth-order valence-corrected chi connectivity index (χ4v) is 2.24. The first-order chi connectivity index (χ1) is 12.9. The Morgan fingerprint density at radius 2 is 1.85 bits per heavy atom. The predicted octanol–water partition coefficient (Wildman–Crippen LogP) is 3.62. The molecule has 1 atom stereocenters. The van der Waals surface area contributed by atoms with Crippen molar-refractivity contribution in [3.05, 3.63) is 59.7 Å². The number of alkyl halides is 2. The molecule has 27 heavy (non-hydrogen) atoms. The van der Waals surface area contributed by atoms with Gasteiger partial charge in [-0.3, -0.25) is 4.79 Å². The Labute approximate surface area is 155 Å². The van der Waals surface area contributed by atoms with Gasteiger partial charge in [0.05, 0.1) is 17.9 Å². The molecule has 0 aliphatic rings. The van der Waals surface area contributed by atoms with Gasteiger partial charge in [-0.15, -0.1) is 0 Å². The van der Waals surface area contributed by atoms with E-state index in [1.165, 1.54) is 32.2 Å². The van der Waals surface area contributed by atoms with Crippen LogP contribution in [0.5, 0.6) is 5.75 Å². The monoisotopic (exact) mass is 379 g/mol. The highest BCUT2D eigenvalue weighted by molar-refractivity contribution is 5.98. The van der Waals surface area contributed by atoms with Crippen molar-refractivity contribution in [3.8, 4) is 5.75 Å². The van der Waals surface area contributed by atoms with Crippen LogP contribution < -0.4 is 10.1 Å². The zero-order chi connectivity index (χ0) is 19.8. The van der Waals surface area contributed by atoms with Crippen molar-refractivity contribution in [1.29, 1.82) is 0 Å². The minimum absolute atomic E-state index is 0.0489. The third kappa shape index (κ3) is 6.03. The van der Waals surface area contributed by atoms with Crippen molar-refractivity contribution in [2.45, 2.75) is 26.2 Å². The quantitative estimate of drug-likeness (QED) is 0.709. The fraction of sp³-hybridized carbons (Fsp3) is 0.263. The van der Waals surface area contributed by atoms with Gasteiger partial charge in [-0.2, -0.15) is 8.78 Å². The summed E-state index contributed by atoms with van der Waals surface area (Å²) in [7, 11) is 1.53. The smallest absolute Gasteiger partial charge is 0.387 e. The van der Waals surface area contributed by atoms with Gasteiger partial charge in [-0.1, -0.05) is 24.3 Å².